The zero-order valence-electron chi connectivity index (χ0n) is 15.5. The van der Waals surface area contributed by atoms with E-state index in [1.165, 1.54) is 5.57 Å². The second-order valence-electron chi connectivity index (χ2n) is 9.61. The fraction of sp³-hybridized carbons (Fsp3) is 0.889. The number of halogens is 1. The number of ether oxygens (including phenoxy) is 1. The average molecular weight is 450 g/mol. The van der Waals surface area contributed by atoms with Crippen molar-refractivity contribution in [3.8, 4) is 0 Å². The Hall–Kier alpha value is 0.567. The van der Waals surface area contributed by atoms with E-state index in [1.54, 1.807) is 0 Å². The van der Waals surface area contributed by atoms with Crippen LogP contribution in [0, 0.1) is 5.92 Å². The molecule has 2 aliphatic heterocycles. The van der Waals surface area contributed by atoms with Gasteiger partial charge in [0.25, 0.3) is 0 Å². The van der Waals surface area contributed by atoms with E-state index in [1.807, 2.05) is 6.92 Å². The zero-order valence-corrected chi connectivity index (χ0v) is 18.7. The second kappa shape index (κ2) is 5.06. The van der Waals surface area contributed by atoms with E-state index in [0.717, 1.165) is 19.3 Å². The van der Waals surface area contributed by atoms with Crippen LogP contribution in [0.25, 0.3) is 0 Å². The van der Waals surface area contributed by atoms with E-state index in [-0.39, 0.29) is 26.3 Å². The van der Waals surface area contributed by atoms with Gasteiger partial charge < -0.3 is 14.3 Å². The predicted molar refractivity (Wildman–Crippen MR) is 104 cm³/mol. The van der Waals surface area contributed by atoms with E-state index < -0.39 is 13.9 Å². The van der Waals surface area contributed by atoms with Gasteiger partial charge in [-0.25, -0.2) is 0 Å². The normalized spacial score (nSPS) is 46.7. The maximum atomic E-state index is 10.8. The highest BCUT2D eigenvalue weighted by atomic mass is 127. The molecule has 132 valence electrons. The Bertz CT molecular complexity index is 551. The van der Waals surface area contributed by atoms with Crippen molar-refractivity contribution in [2.45, 2.75) is 92.9 Å². The number of hydrogen-bond acceptors (Lipinski definition) is 3. The van der Waals surface area contributed by atoms with Crippen molar-refractivity contribution in [3.05, 3.63) is 11.6 Å². The molecule has 0 radical (unpaired) electrons. The monoisotopic (exact) mass is 450 g/mol. The van der Waals surface area contributed by atoms with Gasteiger partial charge in [-0.3, -0.25) is 0 Å². The van der Waals surface area contributed by atoms with Gasteiger partial charge in [0.05, 0.1) is 17.3 Å². The molecule has 3 nitrogen and oxygen atoms in total. The molecule has 5 atom stereocenters. The third kappa shape index (κ3) is 2.78. The first kappa shape index (κ1) is 18.4. The average Bonchev–Trinajstić information content (AvgIpc) is 2.72. The second-order valence-corrected chi connectivity index (χ2v) is 16.2. The highest BCUT2D eigenvalue weighted by Crippen LogP contribution is 2.61. The molecule has 1 saturated carbocycles. The lowest BCUT2D eigenvalue weighted by molar-refractivity contribution is -0.0984. The van der Waals surface area contributed by atoms with Crippen LogP contribution in [0.4, 0.5) is 0 Å². The first-order valence-electron chi connectivity index (χ1n) is 8.73. The van der Waals surface area contributed by atoms with Crippen molar-refractivity contribution in [1.29, 1.82) is 0 Å². The summed E-state index contributed by atoms with van der Waals surface area (Å²) in [7, 11) is -1.86. The van der Waals surface area contributed by atoms with Gasteiger partial charge >= 0.3 is 0 Å². The molecular weight excluding hydrogens is 419 g/mol. The number of fused-ring (bicyclic) bond motifs is 4. The van der Waals surface area contributed by atoms with E-state index in [2.05, 4.69) is 69.5 Å². The molecule has 1 N–H and O–H groups in total. The summed E-state index contributed by atoms with van der Waals surface area (Å²) in [4.78, 5) is 0. The lowest BCUT2D eigenvalue weighted by Gasteiger charge is -2.45. The summed E-state index contributed by atoms with van der Waals surface area (Å²) >= 11 is 2.41. The molecule has 3 aliphatic rings. The van der Waals surface area contributed by atoms with Crippen LogP contribution in [-0.4, -0.2) is 34.3 Å². The minimum atomic E-state index is -1.86. The molecule has 3 rings (SSSR count). The number of aliphatic hydroxyl groups is 1. The minimum Gasteiger partial charge on any atom is -0.411 e. The van der Waals surface area contributed by atoms with Gasteiger partial charge in [-0.1, -0.05) is 20.8 Å². The number of alkyl halides is 1. The SMILES string of the molecule is CC(C)(C)[Si](C)(C)O[C@@H]1C[C@@]2(I)C=C3[C@@H](CC[C@]3(C)O)[C@]1(C)O2. The molecule has 2 heterocycles. The van der Waals surface area contributed by atoms with E-state index in [0.29, 0.717) is 0 Å². The van der Waals surface area contributed by atoms with Crippen molar-refractivity contribution in [1.82, 2.24) is 0 Å². The molecule has 5 heteroatoms. The van der Waals surface area contributed by atoms with E-state index in [9.17, 15) is 5.11 Å². The van der Waals surface area contributed by atoms with Crippen molar-refractivity contribution >= 4 is 30.9 Å². The van der Waals surface area contributed by atoms with Crippen molar-refractivity contribution in [2.24, 2.45) is 5.92 Å². The van der Waals surface area contributed by atoms with Gasteiger partial charge in [-0.2, -0.15) is 0 Å². The predicted octanol–water partition coefficient (Wildman–Crippen LogP) is 4.79. The highest BCUT2D eigenvalue weighted by Gasteiger charge is 2.64. The summed E-state index contributed by atoms with van der Waals surface area (Å²) in [6.45, 7) is 15.7. The summed E-state index contributed by atoms with van der Waals surface area (Å²) in [5, 5.41) is 11.0. The lowest BCUT2D eigenvalue weighted by atomic mass is 9.80. The summed E-state index contributed by atoms with van der Waals surface area (Å²) in [6, 6.07) is 0. The molecule has 1 saturated heterocycles. The van der Waals surface area contributed by atoms with Crippen LogP contribution in [0.1, 0.15) is 53.9 Å². The van der Waals surface area contributed by atoms with Crippen molar-refractivity contribution in [3.63, 3.8) is 0 Å². The van der Waals surface area contributed by atoms with E-state index >= 15 is 0 Å². The van der Waals surface area contributed by atoms with Gasteiger partial charge in [0.2, 0.25) is 0 Å². The molecule has 0 spiro atoms. The Morgan fingerprint density at radius 3 is 2.52 bits per heavy atom. The third-order valence-corrected chi connectivity index (χ3v) is 12.2. The van der Waals surface area contributed by atoms with E-state index in [4.69, 9.17) is 9.16 Å². The molecule has 0 aromatic carbocycles. The third-order valence-electron chi connectivity index (χ3n) is 6.72. The first-order chi connectivity index (χ1) is 10.2. The Balaban J connectivity index is 1.95. The van der Waals surface area contributed by atoms with Gasteiger partial charge in [-0.15, -0.1) is 0 Å². The van der Waals surface area contributed by atoms with Gasteiger partial charge in [0.1, 0.15) is 3.61 Å². The first-order valence-corrected chi connectivity index (χ1v) is 12.7. The molecule has 0 aromatic heterocycles. The van der Waals surface area contributed by atoms with Gasteiger partial charge in [0, 0.05) is 12.3 Å². The molecule has 0 unspecified atom stereocenters. The topological polar surface area (TPSA) is 38.7 Å². The maximum absolute atomic E-state index is 10.8. The Kier molecular flexibility index (Phi) is 4.04. The van der Waals surface area contributed by atoms with Crippen LogP contribution >= 0.6 is 22.6 Å². The largest absolute Gasteiger partial charge is 0.411 e. The molecule has 23 heavy (non-hydrogen) atoms. The quantitative estimate of drug-likeness (QED) is 0.285. The Morgan fingerprint density at radius 1 is 1.35 bits per heavy atom. The van der Waals surface area contributed by atoms with Crippen LogP contribution in [0.5, 0.6) is 0 Å². The minimum absolute atomic E-state index is 0.105. The lowest BCUT2D eigenvalue weighted by Crippen LogP contribution is -2.53. The molecular formula is C18H31IO3Si. The fourth-order valence-electron chi connectivity index (χ4n) is 4.19. The maximum Gasteiger partial charge on any atom is 0.192 e. The summed E-state index contributed by atoms with van der Waals surface area (Å²) < 4.78 is 13.0. The van der Waals surface area contributed by atoms with Crippen molar-refractivity contribution < 1.29 is 14.3 Å². The Labute approximate surface area is 155 Å². The van der Waals surface area contributed by atoms with Crippen LogP contribution in [0.2, 0.25) is 18.1 Å². The van der Waals surface area contributed by atoms with Crippen LogP contribution in [-0.2, 0) is 9.16 Å². The smallest absolute Gasteiger partial charge is 0.192 e. The van der Waals surface area contributed by atoms with Crippen LogP contribution < -0.4 is 0 Å². The van der Waals surface area contributed by atoms with Crippen LogP contribution in [0.15, 0.2) is 11.6 Å². The van der Waals surface area contributed by atoms with Crippen molar-refractivity contribution in [2.75, 3.05) is 0 Å². The van der Waals surface area contributed by atoms with Gasteiger partial charge in [0.15, 0.2) is 8.32 Å². The number of hydrogen-bond donors (Lipinski definition) is 1. The Morgan fingerprint density at radius 2 is 1.96 bits per heavy atom. The standard InChI is InChI=1S/C18H31IO3Si/c1-15(2,3)23(6,7)21-14-11-18(19)10-13-12(17(14,5)22-18)8-9-16(13,4)20/h10,12,14,20H,8-9,11H2,1-7H3/t12-,14-,16+,17+,18-/m1/s1. The zero-order chi connectivity index (χ0) is 17.5. The summed E-state index contributed by atoms with van der Waals surface area (Å²) in [5.41, 5.74) is 0.182. The highest BCUT2D eigenvalue weighted by molar-refractivity contribution is 14.1. The molecule has 1 aliphatic carbocycles. The molecule has 2 bridgehead atoms. The fourth-order valence-corrected chi connectivity index (χ4v) is 6.78. The molecule has 0 amide bonds. The van der Waals surface area contributed by atoms with Gasteiger partial charge in [-0.05, 0) is 79.1 Å². The molecule has 0 aromatic rings. The summed E-state index contributed by atoms with van der Waals surface area (Å²) in [6.07, 6.45) is 4.99. The number of rotatable bonds is 2. The summed E-state index contributed by atoms with van der Waals surface area (Å²) in [5.74, 6) is 0.276. The van der Waals surface area contributed by atoms with Crippen LogP contribution in [0.3, 0.4) is 0 Å². The molecule has 2 fully saturated rings.